The quantitative estimate of drug-likeness (QED) is 0.191. The third-order valence-electron chi connectivity index (χ3n) is 7.60. The van der Waals surface area contributed by atoms with Gasteiger partial charge in [-0.15, -0.1) is 0 Å². The second-order valence-corrected chi connectivity index (χ2v) is 11.3. The molecule has 2 heterocycles. The number of nitrogens with two attached hydrogens (primary N) is 1. The maximum Gasteiger partial charge on any atom is 0.326 e. The lowest BCUT2D eigenvalue weighted by atomic mass is 10.0. The van der Waals surface area contributed by atoms with Gasteiger partial charge in [0.05, 0.1) is 6.04 Å². The molecule has 1 aliphatic heterocycles. The van der Waals surface area contributed by atoms with Crippen molar-refractivity contribution in [1.29, 1.82) is 0 Å². The Morgan fingerprint density at radius 3 is 2.43 bits per heavy atom. The van der Waals surface area contributed by atoms with Crippen molar-refractivity contribution in [3.05, 3.63) is 65.9 Å². The summed E-state index contributed by atoms with van der Waals surface area (Å²) in [6, 6.07) is 9.84. The van der Waals surface area contributed by atoms with Crippen molar-refractivity contribution >= 4 is 34.6 Å². The number of aromatic nitrogens is 1. The van der Waals surface area contributed by atoms with Gasteiger partial charge < -0.3 is 36.5 Å². The first-order valence-electron chi connectivity index (χ1n) is 14.3. The van der Waals surface area contributed by atoms with Crippen molar-refractivity contribution in [1.82, 2.24) is 20.5 Å². The summed E-state index contributed by atoms with van der Waals surface area (Å²) in [7, 11) is 0. The lowest BCUT2D eigenvalue weighted by molar-refractivity contribution is -0.144. The molecular weight excluding hydrogens is 538 g/mol. The number of carbonyl (C=O) groups excluding carboxylic acids is 3. The molecule has 42 heavy (non-hydrogen) atoms. The molecule has 4 unspecified atom stereocenters. The van der Waals surface area contributed by atoms with Crippen LogP contribution in [-0.4, -0.2) is 74.5 Å². The minimum atomic E-state index is -1.23. The zero-order chi connectivity index (χ0) is 30.4. The summed E-state index contributed by atoms with van der Waals surface area (Å²) in [5.41, 5.74) is 8.49. The largest absolute Gasteiger partial charge is 0.508 e. The summed E-state index contributed by atoms with van der Waals surface area (Å²) in [6.07, 6.45) is 3.37. The van der Waals surface area contributed by atoms with Gasteiger partial charge in [0.1, 0.15) is 23.9 Å². The van der Waals surface area contributed by atoms with Crippen LogP contribution in [0.2, 0.25) is 0 Å². The molecule has 1 saturated heterocycles. The van der Waals surface area contributed by atoms with Crippen LogP contribution in [0.4, 0.5) is 0 Å². The maximum atomic E-state index is 14.0. The lowest BCUT2D eigenvalue weighted by Gasteiger charge is -2.30. The Bertz CT molecular complexity index is 1420. The molecule has 1 aliphatic rings. The highest BCUT2D eigenvalue weighted by atomic mass is 16.4. The number of carboxylic acids is 1. The number of nitrogens with zero attached hydrogens (tertiary/aromatic N) is 1. The molecular formula is C31H39N5O6. The fourth-order valence-corrected chi connectivity index (χ4v) is 5.45. The number of phenols is 1. The molecule has 224 valence electrons. The van der Waals surface area contributed by atoms with Crippen LogP contribution in [0.3, 0.4) is 0 Å². The van der Waals surface area contributed by atoms with Crippen LogP contribution < -0.4 is 16.4 Å². The fourth-order valence-electron chi connectivity index (χ4n) is 5.45. The molecule has 7 N–H and O–H groups in total. The van der Waals surface area contributed by atoms with Crippen LogP contribution in [0, 0.1) is 5.92 Å². The van der Waals surface area contributed by atoms with Crippen molar-refractivity contribution < 1.29 is 29.4 Å². The Balaban J connectivity index is 1.53. The molecule has 4 atom stereocenters. The first-order valence-corrected chi connectivity index (χ1v) is 14.3. The highest BCUT2D eigenvalue weighted by molar-refractivity contribution is 5.95. The predicted molar refractivity (Wildman–Crippen MR) is 157 cm³/mol. The number of H-pyrrole nitrogens is 1. The predicted octanol–water partition coefficient (Wildman–Crippen LogP) is 2.08. The van der Waals surface area contributed by atoms with E-state index in [0.717, 1.165) is 16.5 Å². The van der Waals surface area contributed by atoms with Gasteiger partial charge in [-0.1, -0.05) is 44.2 Å². The van der Waals surface area contributed by atoms with E-state index >= 15 is 0 Å². The number of aliphatic carboxylic acids is 1. The number of carboxylic acid groups (broad SMARTS) is 1. The van der Waals surface area contributed by atoms with E-state index < -0.39 is 47.9 Å². The number of hydrogen-bond acceptors (Lipinski definition) is 6. The highest BCUT2D eigenvalue weighted by Gasteiger charge is 2.39. The van der Waals surface area contributed by atoms with E-state index in [0.29, 0.717) is 31.4 Å². The number of carbonyl (C=O) groups is 4. The second-order valence-electron chi connectivity index (χ2n) is 11.3. The lowest BCUT2D eigenvalue weighted by Crippen LogP contribution is -2.57. The van der Waals surface area contributed by atoms with Gasteiger partial charge in [0, 0.05) is 36.5 Å². The van der Waals surface area contributed by atoms with Crippen LogP contribution in [-0.2, 0) is 32.0 Å². The van der Waals surface area contributed by atoms with Gasteiger partial charge in [-0.25, -0.2) is 4.79 Å². The molecule has 0 aliphatic carbocycles. The number of aromatic hydroxyl groups is 1. The van der Waals surface area contributed by atoms with E-state index in [-0.39, 0.29) is 24.5 Å². The van der Waals surface area contributed by atoms with Crippen molar-refractivity contribution in [3.63, 3.8) is 0 Å². The molecule has 1 fully saturated rings. The van der Waals surface area contributed by atoms with Gasteiger partial charge in [-0.2, -0.15) is 0 Å². The van der Waals surface area contributed by atoms with E-state index in [1.807, 2.05) is 38.1 Å². The van der Waals surface area contributed by atoms with Crippen LogP contribution in [0.5, 0.6) is 5.75 Å². The smallest absolute Gasteiger partial charge is 0.326 e. The molecule has 0 spiro atoms. The summed E-state index contributed by atoms with van der Waals surface area (Å²) in [5, 5.41) is 25.6. The van der Waals surface area contributed by atoms with E-state index in [1.54, 1.807) is 18.3 Å². The van der Waals surface area contributed by atoms with E-state index in [9.17, 15) is 29.4 Å². The van der Waals surface area contributed by atoms with E-state index in [1.165, 1.54) is 17.0 Å². The van der Waals surface area contributed by atoms with Gasteiger partial charge in [0.2, 0.25) is 17.7 Å². The third-order valence-corrected chi connectivity index (χ3v) is 7.60. The highest BCUT2D eigenvalue weighted by Crippen LogP contribution is 2.23. The Hall–Kier alpha value is -4.38. The number of para-hydroxylation sites is 1. The monoisotopic (exact) mass is 577 g/mol. The number of phenolic OH excluding ortho intramolecular Hbond substituents is 1. The first-order chi connectivity index (χ1) is 20.0. The SMILES string of the molecule is CC(C)CC(N)C(=O)NC(Cc1c[nH]c2ccccc12)C(=O)N1CCCC1C(=O)NC(Cc1ccc(O)cc1)C(=O)O. The van der Waals surface area contributed by atoms with Gasteiger partial charge >= 0.3 is 5.97 Å². The average molecular weight is 578 g/mol. The average Bonchev–Trinajstić information content (AvgIpc) is 3.60. The molecule has 0 saturated carbocycles. The van der Waals surface area contributed by atoms with Crippen LogP contribution in [0.1, 0.15) is 44.2 Å². The normalized spacial score (nSPS) is 17.1. The van der Waals surface area contributed by atoms with Crippen molar-refractivity contribution in [3.8, 4) is 5.75 Å². The zero-order valence-electron chi connectivity index (χ0n) is 23.9. The molecule has 0 radical (unpaired) electrons. The topological polar surface area (TPSA) is 178 Å². The van der Waals surface area contributed by atoms with Crippen molar-refractivity contribution in [2.24, 2.45) is 11.7 Å². The van der Waals surface area contributed by atoms with Crippen molar-refractivity contribution in [2.75, 3.05) is 6.54 Å². The van der Waals surface area contributed by atoms with E-state index in [2.05, 4.69) is 15.6 Å². The Kier molecular flexibility index (Phi) is 9.84. The molecule has 1 aromatic heterocycles. The minimum Gasteiger partial charge on any atom is -0.508 e. The molecule has 3 aromatic rings. The van der Waals surface area contributed by atoms with Crippen molar-refractivity contribution in [2.45, 2.75) is 70.1 Å². The van der Waals surface area contributed by atoms with Crippen LogP contribution >= 0.6 is 0 Å². The number of amides is 3. The Morgan fingerprint density at radius 1 is 1.02 bits per heavy atom. The number of fused-ring (bicyclic) bond motifs is 1. The van der Waals surface area contributed by atoms with Gasteiger partial charge in [-0.3, -0.25) is 14.4 Å². The number of aromatic amines is 1. The molecule has 11 nitrogen and oxygen atoms in total. The van der Waals surface area contributed by atoms with E-state index in [4.69, 9.17) is 5.73 Å². The molecule has 0 bridgehead atoms. The number of hydrogen-bond donors (Lipinski definition) is 6. The summed E-state index contributed by atoms with van der Waals surface area (Å²) in [5.74, 6) is -2.41. The second kappa shape index (κ2) is 13.5. The third kappa shape index (κ3) is 7.47. The summed E-state index contributed by atoms with van der Waals surface area (Å²) in [4.78, 5) is 57.0. The standard InChI is InChI=1S/C31H39N5O6/c1-18(2)14-23(32)28(38)34-25(16-20-17-33-24-7-4-3-6-22(20)24)30(40)36-13-5-8-27(36)29(39)35-26(31(41)42)15-19-9-11-21(37)12-10-19/h3-4,6-7,9-12,17-18,23,25-27,33,37H,5,8,13-16,32H2,1-2H3,(H,34,38)(H,35,39)(H,41,42). The molecule has 4 rings (SSSR count). The Labute approximate surface area is 244 Å². The molecule has 3 amide bonds. The van der Waals surface area contributed by atoms with Gasteiger partial charge in [0.25, 0.3) is 0 Å². The number of benzene rings is 2. The van der Waals surface area contributed by atoms with Gasteiger partial charge in [0.15, 0.2) is 0 Å². The number of nitrogens with one attached hydrogen (secondary N) is 3. The van der Waals surface area contributed by atoms with Crippen LogP contribution in [0.25, 0.3) is 10.9 Å². The van der Waals surface area contributed by atoms with Gasteiger partial charge in [-0.05, 0) is 54.5 Å². The molecule has 11 heteroatoms. The molecule has 2 aromatic carbocycles. The summed E-state index contributed by atoms with van der Waals surface area (Å²) >= 11 is 0. The zero-order valence-corrected chi connectivity index (χ0v) is 23.9. The summed E-state index contributed by atoms with van der Waals surface area (Å²) < 4.78 is 0. The first kappa shape index (κ1) is 30.6. The number of rotatable bonds is 12. The maximum absolute atomic E-state index is 14.0. The Morgan fingerprint density at radius 2 is 1.74 bits per heavy atom. The summed E-state index contributed by atoms with van der Waals surface area (Å²) in [6.45, 7) is 4.22. The minimum absolute atomic E-state index is 0.00893. The fraction of sp³-hybridized carbons (Fsp3) is 0.419. The van der Waals surface area contributed by atoms with Crippen LogP contribution in [0.15, 0.2) is 54.7 Å². The number of likely N-dealkylation sites (tertiary alicyclic amines) is 1.